The number of benzene rings is 1. The minimum atomic E-state index is -0.948. The average Bonchev–Trinajstić information content (AvgIpc) is 2.87. The minimum Gasteiger partial charge on any atom is -0.293 e. The molecule has 0 radical (unpaired) electrons. The molecule has 1 aliphatic carbocycles. The van der Waals surface area contributed by atoms with Crippen LogP contribution in [0.1, 0.15) is 36.2 Å². The standard InChI is InChI=1S/C13H15FO/c1-3-9-4-6-10(7-5-9)12(15)13(2)8-11(13)14/h4-7,11H,3,8H2,1-2H3. The Balaban J connectivity index is 2.20. The van der Waals surface area contributed by atoms with Crippen molar-refractivity contribution in [1.82, 2.24) is 0 Å². The van der Waals surface area contributed by atoms with Gasteiger partial charge in [0.15, 0.2) is 5.78 Å². The zero-order valence-electron chi connectivity index (χ0n) is 9.09. The lowest BCUT2D eigenvalue weighted by Crippen LogP contribution is -2.15. The maximum absolute atomic E-state index is 13.0. The van der Waals surface area contributed by atoms with Crippen molar-refractivity contribution in [3.05, 3.63) is 35.4 Å². The van der Waals surface area contributed by atoms with Crippen LogP contribution < -0.4 is 0 Å². The molecule has 0 amide bonds. The summed E-state index contributed by atoms with van der Waals surface area (Å²) in [4.78, 5) is 11.9. The summed E-state index contributed by atoms with van der Waals surface area (Å²) in [7, 11) is 0. The number of hydrogen-bond donors (Lipinski definition) is 0. The number of aryl methyl sites for hydroxylation is 1. The Bertz CT molecular complexity index is 382. The van der Waals surface area contributed by atoms with Crippen LogP contribution in [0.2, 0.25) is 0 Å². The first-order valence-electron chi connectivity index (χ1n) is 5.35. The molecule has 2 atom stereocenters. The van der Waals surface area contributed by atoms with Crippen LogP contribution in [-0.2, 0) is 6.42 Å². The third-order valence-corrected chi connectivity index (χ3v) is 3.28. The van der Waals surface area contributed by atoms with Gasteiger partial charge in [0.05, 0.1) is 5.41 Å². The predicted octanol–water partition coefficient (Wildman–Crippen LogP) is 3.18. The van der Waals surface area contributed by atoms with Crippen LogP contribution in [0.5, 0.6) is 0 Å². The van der Waals surface area contributed by atoms with Gasteiger partial charge in [0, 0.05) is 5.56 Å². The van der Waals surface area contributed by atoms with Crippen molar-refractivity contribution in [1.29, 1.82) is 0 Å². The molecule has 2 rings (SSSR count). The zero-order chi connectivity index (χ0) is 11.1. The van der Waals surface area contributed by atoms with E-state index in [-0.39, 0.29) is 5.78 Å². The molecule has 1 aromatic rings. The van der Waals surface area contributed by atoms with Gasteiger partial charge in [-0.25, -0.2) is 4.39 Å². The molecule has 1 fully saturated rings. The molecular weight excluding hydrogens is 191 g/mol. The normalized spacial score (nSPS) is 28.9. The van der Waals surface area contributed by atoms with Gasteiger partial charge in [0.25, 0.3) is 0 Å². The van der Waals surface area contributed by atoms with E-state index in [1.165, 1.54) is 5.56 Å². The summed E-state index contributed by atoms with van der Waals surface area (Å²) < 4.78 is 13.0. The van der Waals surface area contributed by atoms with E-state index in [1.54, 1.807) is 19.1 Å². The molecule has 80 valence electrons. The van der Waals surface area contributed by atoms with Crippen molar-refractivity contribution in [2.45, 2.75) is 32.9 Å². The SMILES string of the molecule is CCc1ccc(C(=O)C2(C)CC2F)cc1. The van der Waals surface area contributed by atoms with E-state index in [9.17, 15) is 9.18 Å². The molecule has 2 unspecified atom stereocenters. The van der Waals surface area contributed by atoms with Gasteiger partial charge >= 0.3 is 0 Å². The largest absolute Gasteiger partial charge is 0.293 e. The zero-order valence-corrected chi connectivity index (χ0v) is 9.09. The second-order valence-electron chi connectivity index (χ2n) is 4.47. The lowest BCUT2D eigenvalue weighted by molar-refractivity contribution is 0.0893. The molecule has 0 N–H and O–H groups in total. The van der Waals surface area contributed by atoms with Crippen LogP contribution in [0.25, 0.3) is 0 Å². The Kier molecular flexibility index (Phi) is 2.37. The molecule has 0 heterocycles. The summed E-state index contributed by atoms with van der Waals surface area (Å²) in [6.07, 6.45) is 0.384. The number of halogens is 1. The van der Waals surface area contributed by atoms with E-state index < -0.39 is 11.6 Å². The number of alkyl halides is 1. The number of carbonyl (C=O) groups is 1. The molecule has 1 saturated carbocycles. The molecule has 0 aromatic heterocycles. The Morgan fingerprint density at radius 3 is 2.40 bits per heavy atom. The fourth-order valence-electron chi connectivity index (χ4n) is 1.77. The van der Waals surface area contributed by atoms with Crippen LogP contribution in [-0.4, -0.2) is 12.0 Å². The highest BCUT2D eigenvalue weighted by molar-refractivity contribution is 6.02. The van der Waals surface area contributed by atoms with Crippen LogP contribution in [0.3, 0.4) is 0 Å². The number of carbonyl (C=O) groups excluding carboxylic acids is 1. The Morgan fingerprint density at radius 1 is 1.47 bits per heavy atom. The lowest BCUT2D eigenvalue weighted by Gasteiger charge is -2.07. The molecule has 2 heteroatoms. The summed E-state index contributed by atoms with van der Waals surface area (Å²) in [5.74, 6) is -0.0577. The summed E-state index contributed by atoms with van der Waals surface area (Å²) in [5.41, 5.74) is 1.09. The highest BCUT2D eigenvalue weighted by atomic mass is 19.1. The van der Waals surface area contributed by atoms with Crippen molar-refractivity contribution in [3.8, 4) is 0 Å². The van der Waals surface area contributed by atoms with Gasteiger partial charge in [-0.3, -0.25) is 4.79 Å². The van der Waals surface area contributed by atoms with E-state index in [0.29, 0.717) is 12.0 Å². The second-order valence-corrected chi connectivity index (χ2v) is 4.47. The van der Waals surface area contributed by atoms with E-state index in [2.05, 4.69) is 6.92 Å². The molecular formula is C13H15FO. The molecule has 1 aliphatic rings. The van der Waals surface area contributed by atoms with Gasteiger partial charge in [-0.15, -0.1) is 0 Å². The third-order valence-electron chi connectivity index (χ3n) is 3.28. The van der Waals surface area contributed by atoms with Crippen LogP contribution in [0.15, 0.2) is 24.3 Å². The minimum absolute atomic E-state index is 0.0577. The quantitative estimate of drug-likeness (QED) is 0.694. The summed E-state index contributed by atoms with van der Waals surface area (Å²) in [5, 5.41) is 0. The van der Waals surface area contributed by atoms with Gasteiger partial charge in [0.1, 0.15) is 6.17 Å². The van der Waals surface area contributed by atoms with Gasteiger partial charge in [-0.2, -0.15) is 0 Å². The molecule has 0 spiro atoms. The Morgan fingerprint density at radius 2 is 2.00 bits per heavy atom. The van der Waals surface area contributed by atoms with E-state index >= 15 is 0 Å². The molecule has 1 nitrogen and oxygen atoms in total. The van der Waals surface area contributed by atoms with Gasteiger partial charge in [-0.1, -0.05) is 31.2 Å². The third kappa shape index (κ3) is 1.69. The van der Waals surface area contributed by atoms with Crippen LogP contribution in [0, 0.1) is 5.41 Å². The number of rotatable bonds is 3. The molecule has 0 aliphatic heterocycles. The van der Waals surface area contributed by atoms with Crippen molar-refractivity contribution in [3.63, 3.8) is 0 Å². The molecule has 0 bridgehead atoms. The fourth-order valence-corrected chi connectivity index (χ4v) is 1.77. The lowest BCUT2D eigenvalue weighted by atomic mass is 9.95. The van der Waals surface area contributed by atoms with Gasteiger partial charge in [-0.05, 0) is 25.3 Å². The summed E-state index contributed by atoms with van der Waals surface area (Å²) in [6.45, 7) is 3.77. The molecule has 1 aromatic carbocycles. The first kappa shape index (κ1) is 10.3. The van der Waals surface area contributed by atoms with Crippen molar-refractivity contribution in [2.24, 2.45) is 5.41 Å². The monoisotopic (exact) mass is 206 g/mol. The Labute approximate surface area is 89.3 Å². The van der Waals surface area contributed by atoms with E-state index in [4.69, 9.17) is 0 Å². The topological polar surface area (TPSA) is 17.1 Å². The van der Waals surface area contributed by atoms with Gasteiger partial charge in [0.2, 0.25) is 0 Å². The maximum atomic E-state index is 13.0. The fraction of sp³-hybridized carbons (Fsp3) is 0.462. The predicted molar refractivity (Wildman–Crippen MR) is 57.8 cm³/mol. The second kappa shape index (κ2) is 3.44. The summed E-state index contributed by atoms with van der Waals surface area (Å²) >= 11 is 0. The first-order valence-corrected chi connectivity index (χ1v) is 5.35. The van der Waals surface area contributed by atoms with Crippen LogP contribution >= 0.6 is 0 Å². The van der Waals surface area contributed by atoms with Crippen LogP contribution in [0.4, 0.5) is 4.39 Å². The summed E-state index contributed by atoms with van der Waals surface area (Å²) in [6, 6.07) is 7.48. The van der Waals surface area contributed by atoms with Crippen molar-refractivity contribution >= 4 is 5.78 Å². The van der Waals surface area contributed by atoms with E-state index in [1.807, 2.05) is 12.1 Å². The molecule has 15 heavy (non-hydrogen) atoms. The Hall–Kier alpha value is -1.18. The maximum Gasteiger partial charge on any atom is 0.171 e. The first-order chi connectivity index (χ1) is 7.08. The van der Waals surface area contributed by atoms with Gasteiger partial charge < -0.3 is 0 Å². The highest BCUT2D eigenvalue weighted by Crippen LogP contribution is 2.50. The number of Topliss-reactive ketones (excluding diaryl/α,β-unsaturated/α-hetero) is 1. The van der Waals surface area contributed by atoms with Crippen molar-refractivity contribution in [2.75, 3.05) is 0 Å². The smallest absolute Gasteiger partial charge is 0.171 e. The molecule has 0 saturated heterocycles. The average molecular weight is 206 g/mol. The van der Waals surface area contributed by atoms with E-state index in [0.717, 1.165) is 6.42 Å². The van der Waals surface area contributed by atoms with Crippen molar-refractivity contribution < 1.29 is 9.18 Å². The highest BCUT2D eigenvalue weighted by Gasteiger charge is 2.56. The number of hydrogen-bond acceptors (Lipinski definition) is 1. The number of ketones is 1.